The second kappa shape index (κ2) is 20.1. The molecule has 1 unspecified atom stereocenters. The Labute approximate surface area is 313 Å². The van der Waals surface area contributed by atoms with Crippen LogP contribution in [-0.4, -0.2) is 104 Å². The van der Waals surface area contributed by atoms with Gasteiger partial charge in [-0.15, -0.1) is 0 Å². The quantitative estimate of drug-likeness (QED) is 0.0578. The van der Waals surface area contributed by atoms with Crippen LogP contribution >= 0.6 is 28.6 Å². The topological polar surface area (TPSA) is 225 Å². The SMILES string of the molecule is COCc1cc(P(O)O)ccc1OP(O)O.COc1cc(N2CCN(C(=O)CNc3ncccc3C(=N)c3nccn3C(C)OC=O)CC2)ccc1Cl. The van der Waals surface area contributed by atoms with Crippen molar-refractivity contribution in [1.82, 2.24) is 19.4 Å². The molecule has 4 aromatic rings. The number of amides is 1. The second-order valence-corrected chi connectivity index (χ2v) is 13.4. The fourth-order valence-electron chi connectivity index (χ4n) is 5.28. The van der Waals surface area contributed by atoms with E-state index in [1.54, 1.807) is 48.0 Å². The van der Waals surface area contributed by atoms with Crippen molar-refractivity contribution in [3.05, 3.63) is 89.1 Å². The summed E-state index contributed by atoms with van der Waals surface area (Å²) in [4.78, 5) is 71.8. The Morgan fingerprint density at radius 2 is 1.79 bits per heavy atom. The summed E-state index contributed by atoms with van der Waals surface area (Å²) in [5.41, 5.74) is 2.07. The zero-order chi connectivity index (χ0) is 38.5. The highest BCUT2D eigenvalue weighted by molar-refractivity contribution is 7.54. The van der Waals surface area contributed by atoms with Crippen LogP contribution in [0.4, 0.5) is 11.5 Å². The van der Waals surface area contributed by atoms with Gasteiger partial charge in [-0.2, -0.15) is 0 Å². The molecule has 0 aliphatic carbocycles. The smallest absolute Gasteiger partial charge is 0.391 e. The van der Waals surface area contributed by atoms with Gasteiger partial charge in [-0.25, -0.2) is 9.97 Å². The molecule has 53 heavy (non-hydrogen) atoms. The molecule has 1 atom stereocenters. The summed E-state index contributed by atoms with van der Waals surface area (Å²) in [6, 6.07) is 13.5. The van der Waals surface area contributed by atoms with Gasteiger partial charge in [-0.05, 0) is 49.4 Å². The summed E-state index contributed by atoms with van der Waals surface area (Å²) < 4.78 is 21.5. The molecule has 1 aliphatic heterocycles. The Morgan fingerprint density at radius 3 is 2.45 bits per heavy atom. The van der Waals surface area contributed by atoms with Gasteiger partial charge in [0, 0.05) is 80.1 Å². The summed E-state index contributed by atoms with van der Waals surface area (Å²) in [7, 11) is -1.64. The molecule has 1 amide bonds. The minimum absolute atomic E-state index is 0.0329. The molecular formula is C33H40ClN7O10P2. The number of anilines is 2. The summed E-state index contributed by atoms with van der Waals surface area (Å²) in [6.07, 6.45) is 4.12. The van der Waals surface area contributed by atoms with E-state index >= 15 is 0 Å². The fraction of sp³-hybridized carbons (Fsp3) is 0.303. The zero-order valence-electron chi connectivity index (χ0n) is 29.0. The first kappa shape index (κ1) is 41.3. The molecule has 284 valence electrons. The monoisotopic (exact) mass is 791 g/mol. The molecular weight excluding hydrogens is 752 g/mol. The van der Waals surface area contributed by atoms with E-state index in [-0.39, 0.29) is 30.5 Å². The molecule has 1 saturated heterocycles. The first-order valence-corrected chi connectivity index (χ1v) is 18.7. The maximum absolute atomic E-state index is 12.9. The van der Waals surface area contributed by atoms with E-state index in [1.807, 2.05) is 18.2 Å². The Kier molecular flexibility index (Phi) is 15.7. The molecule has 1 aliphatic rings. The lowest BCUT2D eigenvalue weighted by molar-refractivity contribution is -0.136. The van der Waals surface area contributed by atoms with Gasteiger partial charge in [-0.3, -0.25) is 19.6 Å². The normalized spacial score (nSPS) is 13.2. The third-order valence-corrected chi connectivity index (χ3v) is 9.32. The zero-order valence-corrected chi connectivity index (χ0v) is 31.5. The van der Waals surface area contributed by atoms with Crippen molar-refractivity contribution in [1.29, 1.82) is 5.41 Å². The number of pyridine rings is 1. The number of ether oxygens (including phenoxy) is 3. The molecule has 0 saturated carbocycles. The van der Waals surface area contributed by atoms with Crippen molar-refractivity contribution in [3.8, 4) is 11.5 Å². The number of aromatic nitrogens is 3. The van der Waals surface area contributed by atoms with Gasteiger partial charge >= 0.3 is 8.60 Å². The number of rotatable bonds is 15. The predicted octanol–water partition coefficient (Wildman–Crippen LogP) is 3.15. The van der Waals surface area contributed by atoms with E-state index in [0.29, 0.717) is 71.5 Å². The largest absolute Gasteiger partial charge is 0.495 e. The van der Waals surface area contributed by atoms with Gasteiger partial charge in [0.1, 0.15) is 23.0 Å². The van der Waals surface area contributed by atoms with Crippen molar-refractivity contribution in [2.24, 2.45) is 0 Å². The lowest BCUT2D eigenvalue weighted by Crippen LogP contribution is -2.50. The number of carbonyl (C=O) groups excluding carboxylic acids is 2. The second-order valence-electron chi connectivity index (χ2n) is 11.2. The number of nitrogens with one attached hydrogen (secondary N) is 2. The predicted molar refractivity (Wildman–Crippen MR) is 200 cm³/mol. The van der Waals surface area contributed by atoms with Crippen LogP contribution < -0.4 is 24.8 Å². The molecule has 20 heteroatoms. The van der Waals surface area contributed by atoms with Gasteiger partial charge < -0.3 is 53.4 Å². The number of hydrogen-bond donors (Lipinski definition) is 6. The highest BCUT2D eigenvalue weighted by Gasteiger charge is 2.23. The van der Waals surface area contributed by atoms with Crippen LogP contribution in [-0.2, 0) is 25.7 Å². The molecule has 1 fully saturated rings. The van der Waals surface area contributed by atoms with Crippen LogP contribution in [0.2, 0.25) is 5.02 Å². The number of nitrogens with zero attached hydrogens (tertiary/aromatic N) is 5. The van der Waals surface area contributed by atoms with E-state index in [1.165, 1.54) is 31.5 Å². The van der Waals surface area contributed by atoms with E-state index in [0.717, 1.165) is 5.69 Å². The Balaban J connectivity index is 0.000000328. The molecule has 6 N–H and O–H groups in total. The Bertz CT molecular complexity index is 1840. The molecule has 5 rings (SSSR count). The Morgan fingerprint density at radius 1 is 1.04 bits per heavy atom. The van der Waals surface area contributed by atoms with E-state index in [4.69, 9.17) is 55.3 Å². The van der Waals surface area contributed by atoms with Crippen LogP contribution in [0.15, 0.2) is 67.1 Å². The molecule has 2 aromatic heterocycles. The van der Waals surface area contributed by atoms with Gasteiger partial charge in [0.15, 0.2) is 20.4 Å². The maximum atomic E-state index is 12.9. The van der Waals surface area contributed by atoms with Crippen LogP contribution in [0, 0.1) is 5.41 Å². The average molecular weight is 792 g/mol. The average Bonchev–Trinajstić information content (AvgIpc) is 3.65. The third-order valence-electron chi connectivity index (χ3n) is 7.91. The van der Waals surface area contributed by atoms with Gasteiger partial charge in [-0.1, -0.05) is 11.6 Å². The first-order valence-electron chi connectivity index (χ1n) is 15.9. The van der Waals surface area contributed by atoms with Gasteiger partial charge in [0.2, 0.25) is 5.91 Å². The van der Waals surface area contributed by atoms with E-state index in [9.17, 15) is 9.59 Å². The highest BCUT2D eigenvalue weighted by Crippen LogP contribution is 2.34. The number of halogens is 1. The van der Waals surface area contributed by atoms with E-state index < -0.39 is 23.2 Å². The van der Waals surface area contributed by atoms with Crippen molar-refractivity contribution >= 4 is 63.5 Å². The Hall–Kier alpha value is -4.44. The molecule has 0 bridgehead atoms. The highest BCUT2D eigenvalue weighted by atomic mass is 35.5. The minimum atomic E-state index is -2.50. The molecule has 17 nitrogen and oxygen atoms in total. The van der Waals surface area contributed by atoms with Crippen molar-refractivity contribution in [2.45, 2.75) is 19.8 Å². The molecule has 2 aromatic carbocycles. The maximum Gasteiger partial charge on any atom is 0.391 e. The summed E-state index contributed by atoms with van der Waals surface area (Å²) in [5, 5.41) is 12.7. The number of imidazole rings is 1. The van der Waals surface area contributed by atoms with Gasteiger partial charge in [0.25, 0.3) is 6.47 Å². The number of hydrogen-bond acceptors (Lipinski definition) is 15. The minimum Gasteiger partial charge on any atom is -0.495 e. The van der Waals surface area contributed by atoms with Crippen molar-refractivity contribution in [2.75, 3.05) is 57.2 Å². The standard InChI is InChI=1S/C25H28ClN7O4.C8H12O6P2/c1-17(37-16-34)33-9-8-29-25(33)23(27)19-4-3-7-28-24(19)30-15-22(35)32-12-10-31(11-13-32)18-5-6-20(26)21(14-18)36-2;1-13-5-6-4-7(15(9)10)2-3-8(6)14-16(11)12/h3-9,14,16-17,27H,10-13,15H2,1-2H3,(H,28,30);2-4,9-12H,5H2,1H3. The van der Waals surface area contributed by atoms with Crippen LogP contribution in [0.3, 0.4) is 0 Å². The summed E-state index contributed by atoms with van der Waals surface area (Å²) in [5.74, 6) is 1.51. The van der Waals surface area contributed by atoms with Crippen molar-refractivity contribution in [3.63, 3.8) is 0 Å². The van der Waals surface area contributed by atoms with Gasteiger partial charge in [0.05, 0.1) is 25.3 Å². The number of benzene rings is 2. The third kappa shape index (κ3) is 11.3. The van der Waals surface area contributed by atoms with Crippen molar-refractivity contribution < 1.29 is 47.9 Å². The first-order chi connectivity index (χ1) is 25.5. The molecule has 3 heterocycles. The fourth-order valence-corrected chi connectivity index (χ4v) is 6.31. The summed E-state index contributed by atoms with van der Waals surface area (Å²) >= 11 is 6.13. The number of piperazine rings is 1. The number of methoxy groups -OCH3 is 2. The summed E-state index contributed by atoms with van der Waals surface area (Å²) in [6.45, 7) is 4.74. The lowest BCUT2D eigenvalue weighted by atomic mass is 10.1. The van der Waals surface area contributed by atoms with E-state index in [2.05, 4.69) is 20.2 Å². The van der Waals surface area contributed by atoms with Crippen LogP contribution in [0.25, 0.3) is 0 Å². The number of carbonyl (C=O) groups is 2. The van der Waals surface area contributed by atoms with Crippen LogP contribution in [0.1, 0.15) is 30.1 Å². The van der Waals surface area contributed by atoms with Crippen LogP contribution in [0.5, 0.6) is 11.5 Å². The lowest BCUT2D eigenvalue weighted by Gasteiger charge is -2.36. The molecule has 0 radical (unpaired) electrons. The molecule has 0 spiro atoms.